The molecule has 4 rings (SSSR count). The molecule has 13 nitrogen and oxygen atoms in total. The number of para-hydroxylation sites is 1. The topological polar surface area (TPSA) is 146 Å². The molecule has 1 saturated heterocycles. The number of carbonyl (C=O) groups excluding carboxylic acids is 2. The van der Waals surface area contributed by atoms with Crippen molar-refractivity contribution in [3.8, 4) is 28.8 Å². The molecule has 0 bridgehead atoms. The van der Waals surface area contributed by atoms with E-state index in [0.717, 1.165) is 0 Å². The smallest absolute Gasteiger partial charge is 0.328 e. The van der Waals surface area contributed by atoms with Gasteiger partial charge in [0.05, 0.1) is 26.1 Å². The molecule has 46 heavy (non-hydrogen) atoms. The molecule has 1 amide bonds. The number of amides is 1. The van der Waals surface area contributed by atoms with E-state index >= 15 is 0 Å². The standard InChI is InChI=1S/C31H45N5O8SSi/c1-9-43-30(38)23-12-10-15-27(37)34(23)20-22(3)45(39,40)35(18-19-46(6,7)8)31-33-32-29(26-17-16-21(2)44-26)36(31)28-24(41-4)13-11-14-25(28)42-5/h11,13-14,16-17,22-23H,9-10,12,15,18-20H2,1-8H3/t22-,23+/m0/s1. The molecule has 252 valence electrons. The Labute approximate surface area is 271 Å². The lowest BCUT2D eigenvalue weighted by molar-refractivity contribution is -0.157. The summed E-state index contributed by atoms with van der Waals surface area (Å²) in [6, 6.07) is 8.52. The van der Waals surface area contributed by atoms with Gasteiger partial charge in [0.1, 0.15) is 29.0 Å². The maximum absolute atomic E-state index is 14.7. The van der Waals surface area contributed by atoms with Crippen LogP contribution in [0.2, 0.25) is 25.7 Å². The number of piperidine rings is 1. The number of aryl methyl sites for hydroxylation is 1. The van der Waals surface area contributed by atoms with E-state index in [1.165, 1.54) is 23.4 Å². The first kappa shape index (κ1) is 35.0. The average Bonchev–Trinajstić information content (AvgIpc) is 3.63. The van der Waals surface area contributed by atoms with Crippen molar-refractivity contribution in [2.24, 2.45) is 0 Å². The quantitative estimate of drug-likeness (QED) is 0.175. The minimum absolute atomic E-state index is 0.0175. The molecule has 15 heteroatoms. The van der Waals surface area contributed by atoms with E-state index in [-0.39, 0.29) is 43.8 Å². The van der Waals surface area contributed by atoms with E-state index in [2.05, 4.69) is 29.8 Å². The second kappa shape index (κ2) is 14.3. The number of hydrogen-bond acceptors (Lipinski definition) is 10. The van der Waals surface area contributed by atoms with Crippen LogP contribution in [-0.2, 0) is 24.3 Å². The van der Waals surface area contributed by atoms with E-state index in [4.69, 9.17) is 18.6 Å². The minimum Gasteiger partial charge on any atom is -0.494 e. The minimum atomic E-state index is -4.22. The summed E-state index contributed by atoms with van der Waals surface area (Å²) in [4.78, 5) is 27.2. The number of carbonyl (C=O) groups is 2. The number of methoxy groups -OCH3 is 2. The van der Waals surface area contributed by atoms with Crippen LogP contribution in [-0.4, -0.2) is 93.2 Å². The fourth-order valence-electron chi connectivity index (χ4n) is 5.41. The normalized spacial score (nSPS) is 16.3. The fraction of sp³-hybridized carbons (Fsp3) is 0.548. The lowest BCUT2D eigenvalue weighted by Crippen LogP contribution is -2.53. The fourth-order valence-corrected chi connectivity index (χ4v) is 7.94. The van der Waals surface area contributed by atoms with Gasteiger partial charge in [0.15, 0.2) is 5.76 Å². The van der Waals surface area contributed by atoms with Crippen molar-refractivity contribution in [2.45, 2.75) is 77.0 Å². The van der Waals surface area contributed by atoms with Gasteiger partial charge in [0.2, 0.25) is 27.7 Å². The molecule has 1 aliphatic rings. The Morgan fingerprint density at radius 1 is 1.13 bits per heavy atom. The Balaban J connectivity index is 1.89. The highest BCUT2D eigenvalue weighted by atomic mass is 32.2. The zero-order valence-electron chi connectivity index (χ0n) is 27.9. The maximum Gasteiger partial charge on any atom is 0.328 e. The van der Waals surface area contributed by atoms with Crippen LogP contribution in [0.4, 0.5) is 5.95 Å². The van der Waals surface area contributed by atoms with Gasteiger partial charge in [-0.15, -0.1) is 10.2 Å². The maximum atomic E-state index is 14.7. The number of anilines is 1. The Morgan fingerprint density at radius 2 is 1.80 bits per heavy atom. The van der Waals surface area contributed by atoms with Crippen LogP contribution in [0.15, 0.2) is 34.7 Å². The van der Waals surface area contributed by atoms with Crippen LogP contribution in [0.5, 0.6) is 11.5 Å². The molecule has 0 saturated carbocycles. The lowest BCUT2D eigenvalue weighted by atomic mass is 10.0. The summed E-state index contributed by atoms with van der Waals surface area (Å²) in [5.41, 5.74) is 0.394. The second-order valence-electron chi connectivity index (χ2n) is 12.5. The number of esters is 1. The highest BCUT2D eigenvalue weighted by Gasteiger charge is 2.41. The number of hydrogen-bond donors (Lipinski definition) is 0. The van der Waals surface area contributed by atoms with Crippen LogP contribution >= 0.6 is 0 Å². The van der Waals surface area contributed by atoms with Gasteiger partial charge in [-0.1, -0.05) is 25.7 Å². The van der Waals surface area contributed by atoms with Crippen LogP contribution in [0.3, 0.4) is 0 Å². The molecule has 0 unspecified atom stereocenters. The molecule has 2 aromatic heterocycles. The van der Waals surface area contributed by atoms with Gasteiger partial charge in [-0.25, -0.2) is 17.5 Å². The molecule has 1 fully saturated rings. The van der Waals surface area contributed by atoms with Crippen molar-refractivity contribution < 1.29 is 36.6 Å². The number of benzene rings is 1. The number of nitrogens with zero attached hydrogens (tertiary/aromatic N) is 5. The number of furan rings is 1. The Hall–Kier alpha value is -3.85. The highest BCUT2D eigenvalue weighted by Crippen LogP contribution is 2.40. The number of rotatable bonds is 14. The number of sulfonamides is 1. The van der Waals surface area contributed by atoms with Crippen molar-refractivity contribution in [3.05, 3.63) is 36.1 Å². The third kappa shape index (κ3) is 7.41. The molecular formula is C31H45N5O8SSi. The summed E-state index contributed by atoms with van der Waals surface area (Å²) in [6.45, 7) is 11.6. The predicted molar refractivity (Wildman–Crippen MR) is 177 cm³/mol. The van der Waals surface area contributed by atoms with E-state index in [0.29, 0.717) is 47.6 Å². The van der Waals surface area contributed by atoms with E-state index in [9.17, 15) is 18.0 Å². The van der Waals surface area contributed by atoms with Crippen LogP contribution < -0.4 is 13.8 Å². The molecule has 0 radical (unpaired) electrons. The van der Waals surface area contributed by atoms with Gasteiger partial charge in [-0.2, -0.15) is 0 Å². The summed E-state index contributed by atoms with van der Waals surface area (Å²) in [7, 11) is -3.00. The van der Waals surface area contributed by atoms with Crippen molar-refractivity contribution in [3.63, 3.8) is 0 Å². The summed E-state index contributed by atoms with van der Waals surface area (Å²) in [5.74, 6) is 1.26. The summed E-state index contributed by atoms with van der Waals surface area (Å²) in [5, 5.41) is 7.79. The second-order valence-corrected chi connectivity index (χ2v) is 20.4. The first-order valence-electron chi connectivity index (χ1n) is 15.4. The zero-order valence-corrected chi connectivity index (χ0v) is 29.7. The molecule has 0 N–H and O–H groups in total. The van der Waals surface area contributed by atoms with Crippen LogP contribution in [0.1, 0.15) is 38.9 Å². The van der Waals surface area contributed by atoms with Crippen LogP contribution in [0.25, 0.3) is 17.3 Å². The van der Waals surface area contributed by atoms with Gasteiger partial charge in [0, 0.05) is 27.6 Å². The highest BCUT2D eigenvalue weighted by molar-refractivity contribution is 7.93. The lowest BCUT2D eigenvalue weighted by Gasteiger charge is -2.37. The summed E-state index contributed by atoms with van der Waals surface area (Å²) >= 11 is 0. The van der Waals surface area contributed by atoms with E-state index < -0.39 is 35.4 Å². The van der Waals surface area contributed by atoms with E-state index in [1.807, 2.05) is 0 Å². The van der Waals surface area contributed by atoms with Gasteiger partial charge in [-0.05, 0) is 63.9 Å². The van der Waals surface area contributed by atoms with Crippen molar-refractivity contribution in [2.75, 3.05) is 38.2 Å². The van der Waals surface area contributed by atoms with Gasteiger partial charge in [0.25, 0.3) is 0 Å². The molecule has 3 aromatic rings. The Bertz CT molecular complexity index is 1630. The number of aromatic nitrogens is 3. The number of likely N-dealkylation sites (tertiary alicyclic amines) is 1. The first-order valence-corrected chi connectivity index (χ1v) is 20.7. The summed E-state index contributed by atoms with van der Waals surface area (Å²) < 4.78 is 54.8. The van der Waals surface area contributed by atoms with Gasteiger partial charge < -0.3 is 23.5 Å². The molecule has 1 aliphatic heterocycles. The Morgan fingerprint density at radius 3 is 2.37 bits per heavy atom. The molecule has 3 heterocycles. The largest absolute Gasteiger partial charge is 0.494 e. The summed E-state index contributed by atoms with van der Waals surface area (Å²) in [6.07, 6.45) is 1.17. The SMILES string of the molecule is CCOC(=O)[C@H]1CCCC(=O)N1C[C@H](C)S(=O)(=O)N(CC[Si](C)(C)C)c1nnc(-c2ccc(C)o2)n1-c1c(OC)cccc1OC. The molecular weight excluding hydrogens is 631 g/mol. The van der Waals surface area contributed by atoms with Gasteiger partial charge >= 0.3 is 5.97 Å². The zero-order chi connectivity index (χ0) is 33.8. The van der Waals surface area contributed by atoms with Gasteiger partial charge in [-0.3, -0.25) is 9.36 Å². The third-order valence-corrected chi connectivity index (χ3v) is 11.8. The molecule has 1 aromatic carbocycles. The monoisotopic (exact) mass is 675 g/mol. The van der Waals surface area contributed by atoms with Crippen molar-refractivity contribution in [1.29, 1.82) is 0 Å². The molecule has 0 spiro atoms. The van der Waals surface area contributed by atoms with E-state index in [1.54, 1.807) is 55.7 Å². The average molecular weight is 676 g/mol. The first-order chi connectivity index (χ1) is 21.7. The number of ether oxygens (including phenoxy) is 3. The molecule has 2 atom stereocenters. The third-order valence-electron chi connectivity index (χ3n) is 7.91. The van der Waals surface area contributed by atoms with Crippen molar-refractivity contribution >= 4 is 35.9 Å². The molecule has 0 aliphatic carbocycles. The van der Waals surface area contributed by atoms with Crippen LogP contribution in [0, 0.1) is 6.92 Å². The Kier molecular flexibility index (Phi) is 10.9. The van der Waals surface area contributed by atoms with Crippen molar-refractivity contribution in [1.82, 2.24) is 19.7 Å². The predicted octanol–water partition coefficient (Wildman–Crippen LogP) is 4.66.